The standard InChI is InChI=1S/C15H29N3O/c1-2-17(14-8-7-9-16-12-14)13-15(19)18-10-5-3-4-6-11-18/h14,16H,2-13H2,1H3. The summed E-state index contributed by atoms with van der Waals surface area (Å²) in [6.07, 6.45) is 7.40. The van der Waals surface area contributed by atoms with Crippen molar-refractivity contribution >= 4 is 5.91 Å². The minimum atomic E-state index is 0.342. The molecule has 19 heavy (non-hydrogen) atoms. The molecule has 0 spiro atoms. The number of rotatable bonds is 4. The van der Waals surface area contributed by atoms with Crippen LogP contribution in [0.15, 0.2) is 0 Å². The third-order valence-electron chi connectivity index (χ3n) is 4.49. The molecule has 0 aromatic rings. The van der Waals surface area contributed by atoms with Gasteiger partial charge in [0, 0.05) is 25.7 Å². The molecule has 4 heteroatoms. The van der Waals surface area contributed by atoms with E-state index in [9.17, 15) is 4.79 Å². The van der Waals surface area contributed by atoms with Crippen LogP contribution in [0.3, 0.4) is 0 Å². The second-order valence-corrected chi connectivity index (χ2v) is 5.86. The Kier molecular flexibility index (Phi) is 6.11. The van der Waals surface area contributed by atoms with Gasteiger partial charge in [0.15, 0.2) is 0 Å². The average molecular weight is 267 g/mol. The maximum absolute atomic E-state index is 12.4. The lowest BCUT2D eigenvalue weighted by atomic mass is 10.1. The van der Waals surface area contributed by atoms with E-state index in [0.717, 1.165) is 32.7 Å². The van der Waals surface area contributed by atoms with Crippen molar-refractivity contribution in [3.63, 3.8) is 0 Å². The molecule has 4 nitrogen and oxygen atoms in total. The quantitative estimate of drug-likeness (QED) is 0.838. The lowest BCUT2D eigenvalue weighted by Gasteiger charge is -2.34. The molecule has 1 atom stereocenters. The number of carbonyl (C=O) groups excluding carboxylic acids is 1. The highest BCUT2D eigenvalue weighted by Gasteiger charge is 2.24. The summed E-state index contributed by atoms with van der Waals surface area (Å²) in [5.74, 6) is 0.342. The van der Waals surface area contributed by atoms with Crippen LogP contribution in [-0.4, -0.2) is 61.0 Å². The predicted octanol–water partition coefficient (Wildman–Crippen LogP) is 1.46. The summed E-state index contributed by atoms with van der Waals surface area (Å²) < 4.78 is 0. The first-order chi connectivity index (χ1) is 9.31. The van der Waals surface area contributed by atoms with Crippen molar-refractivity contribution in [3.05, 3.63) is 0 Å². The number of likely N-dealkylation sites (N-methyl/N-ethyl adjacent to an activating group) is 1. The first kappa shape index (κ1) is 14.8. The van der Waals surface area contributed by atoms with Crippen LogP contribution in [0.2, 0.25) is 0 Å². The highest BCUT2D eigenvalue weighted by molar-refractivity contribution is 5.78. The monoisotopic (exact) mass is 267 g/mol. The fourth-order valence-electron chi connectivity index (χ4n) is 3.24. The predicted molar refractivity (Wildman–Crippen MR) is 78.2 cm³/mol. The summed E-state index contributed by atoms with van der Waals surface area (Å²) in [4.78, 5) is 16.9. The van der Waals surface area contributed by atoms with E-state index in [2.05, 4.69) is 22.0 Å². The van der Waals surface area contributed by atoms with Crippen LogP contribution in [-0.2, 0) is 4.79 Å². The van der Waals surface area contributed by atoms with E-state index in [4.69, 9.17) is 0 Å². The van der Waals surface area contributed by atoms with E-state index in [1.54, 1.807) is 0 Å². The lowest BCUT2D eigenvalue weighted by Crippen LogP contribution is -2.50. The van der Waals surface area contributed by atoms with Gasteiger partial charge in [-0.25, -0.2) is 0 Å². The Morgan fingerprint density at radius 2 is 1.95 bits per heavy atom. The SMILES string of the molecule is CCN(CC(=O)N1CCCCCC1)C1CCCNC1. The zero-order valence-electron chi connectivity index (χ0n) is 12.4. The van der Waals surface area contributed by atoms with Gasteiger partial charge in [-0.05, 0) is 38.8 Å². The Morgan fingerprint density at radius 1 is 1.21 bits per heavy atom. The van der Waals surface area contributed by atoms with Crippen LogP contribution in [0.4, 0.5) is 0 Å². The van der Waals surface area contributed by atoms with Gasteiger partial charge in [-0.3, -0.25) is 9.69 Å². The molecule has 1 amide bonds. The number of amides is 1. The van der Waals surface area contributed by atoms with Gasteiger partial charge in [-0.1, -0.05) is 19.8 Å². The number of nitrogens with one attached hydrogen (secondary N) is 1. The molecule has 0 radical (unpaired) electrons. The fourth-order valence-corrected chi connectivity index (χ4v) is 3.24. The van der Waals surface area contributed by atoms with Crippen molar-refractivity contribution < 1.29 is 4.79 Å². The molecule has 0 aliphatic carbocycles. The van der Waals surface area contributed by atoms with Gasteiger partial charge in [0.2, 0.25) is 5.91 Å². The maximum Gasteiger partial charge on any atom is 0.236 e. The highest BCUT2D eigenvalue weighted by Crippen LogP contribution is 2.13. The molecule has 2 aliphatic rings. The summed E-state index contributed by atoms with van der Waals surface area (Å²) >= 11 is 0. The normalized spacial score (nSPS) is 25.4. The minimum absolute atomic E-state index is 0.342. The fraction of sp³-hybridized carbons (Fsp3) is 0.933. The molecule has 2 fully saturated rings. The third kappa shape index (κ3) is 4.46. The van der Waals surface area contributed by atoms with E-state index < -0.39 is 0 Å². The first-order valence-electron chi connectivity index (χ1n) is 8.04. The molecule has 0 aromatic heterocycles. The summed E-state index contributed by atoms with van der Waals surface area (Å²) in [6, 6.07) is 0.551. The van der Waals surface area contributed by atoms with Gasteiger partial charge in [0.25, 0.3) is 0 Å². The second-order valence-electron chi connectivity index (χ2n) is 5.86. The van der Waals surface area contributed by atoms with Gasteiger partial charge in [0.05, 0.1) is 6.54 Å². The van der Waals surface area contributed by atoms with Crippen molar-refractivity contribution in [1.29, 1.82) is 0 Å². The minimum Gasteiger partial charge on any atom is -0.342 e. The Balaban J connectivity index is 1.83. The van der Waals surface area contributed by atoms with E-state index in [1.807, 2.05) is 0 Å². The van der Waals surface area contributed by atoms with Crippen LogP contribution in [0.25, 0.3) is 0 Å². The van der Waals surface area contributed by atoms with Gasteiger partial charge < -0.3 is 10.2 Å². The van der Waals surface area contributed by atoms with Gasteiger partial charge in [-0.2, -0.15) is 0 Å². The lowest BCUT2D eigenvalue weighted by molar-refractivity contribution is -0.133. The largest absolute Gasteiger partial charge is 0.342 e. The second kappa shape index (κ2) is 7.85. The van der Waals surface area contributed by atoms with Crippen molar-refractivity contribution in [2.75, 3.05) is 39.3 Å². The smallest absolute Gasteiger partial charge is 0.236 e. The summed E-state index contributed by atoms with van der Waals surface area (Å²) in [5, 5.41) is 3.45. The number of hydrogen-bond donors (Lipinski definition) is 1. The van der Waals surface area contributed by atoms with E-state index in [1.165, 1.54) is 38.5 Å². The van der Waals surface area contributed by atoms with Gasteiger partial charge >= 0.3 is 0 Å². The molecule has 110 valence electrons. The Bertz CT molecular complexity index is 269. The number of likely N-dealkylation sites (tertiary alicyclic amines) is 1. The molecule has 1 N–H and O–H groups in total. The first-order valence-corrected chi connectivity index (χ1v) is 8.04. The summed E-state index contributed by atoms with van der Waals surface area (Å²) in [6.45, 7) is 7.88. The topological polar surface area (TPSA) is 35.6 Å². The van der Waals surface area contributed by atoms with Crippen LogP contribution < -0.4 is 5.32 Å². The summed E-state index contributed by atoms with van der Waals surface area (Å²) in [5.41, 5.74) is 0. The van der Waals surface area contributed by atoms with Gasteiger partial charge in [0.1, 0.15) is 0 Å². The van der Waals surface area contributed by atoms with E-state index >= 15 is 0 Å². The molecule has 2 rings (SSSR count). The molecule has 2 aliphatic heterocycles. The number of carbonyl (C=O) groups is 1. The zero-order chi connectivity index (χ0) is 13.5. The van der Waals surface area contributed by atoms with Crippen LogP contribution in [0.5, 0.6) is 0 Å². The van der Waals surface area contributed by atoms with E-state index in [0.29, 0.717) is 18.5 Å². The van der Waals surface area contributed by atoms with Crippen molar-refractivity contribution in [2.45, 2.75) is 51.5 Å². The number of hydrogen-bond acceptors (Lipinski definition) is 3. The molecule has 0 saturated carbocycles. The molecule has 2 saturated heterocycles. The Hall–Kier alpha value is -0.610. The molecule has 0 bridgehead atoms. The Morgan fingerprint density at radius 3 is 2.53 bits per heavy atom. The Labute approximate surface area is 117 Å². The van der Waals surface area contributed by atoms with Crippen molar-refractivity contribution in [3.8, 4) is 0 Å². The van der Waals surface area contributed by atoms with E-state index in [-0.39, 0.29) is 0 Å². The molecular weight excluding hydrogens is 238 g/mol. The maximum atomic E-state index is 12.4. The van der Waals surface area contributed by atoms with Crippen molar-refractivity contribution in [2.24, 2.45) is 0 Å². The number of nitrogens with zero attached hydrogens (tertiary/aromatic N) is 2. The molecular formula is C15H29N3O. The van der Waals surface area contributed by atoms with Crippen LogP contribution >= 0.6 is 0 Å². The number of piperidine rings is 1. The van der Waals surface area contributed by atoms with Gasteiger partial charge in [-0.15, -0.1) is 0 Å². The molecule has 2 heterocycles. The highest BCUT2D eigenvalue weighted by atomic mass is 16.2. The van der Waals surface area contributed by atoms with Crippen LogP contribution in [0, 0.1) is 0 Å². The third-order valence-corrected chi connectivity index (χ3v) is 4.49. The summed E-state index contributed by atoms with van der Waals surface area (Å²) in [7, 11) is 0. The molecule has 1 unspecified atom stereocenters. The molecule has 0 aromatic carbocycles. The zero-order valence-corrected chi connectivity index (χ0v) is 12.4. The average Bonchev–Trinajstić information content (AvgIpc) is 2.74. The van der Waals surface area contributed by atoms with Crippen molar-refractivity contribution in [1.82, 2.24) is 15.1 Å². The van der Waals surface area contributed by atoms with Crippen LogP contribution in [0.1, 0.15) is 45.4 Å².